The van der Waals surface area contributed by atoms with Crippen molar-refractivity contribution in [2.24, 2.45) is 10.7 Å². The van der Waals surface area contributed by atoms with Gasteiger partial charge in [0.1, 0.15) is 12.6 Å². The van der Waals surface area contributed by atoms with Gasteiger partial charge in [-0.2, -0.15) is 14.4 Å². The summed E-state index contributed by atoms with van der Waals surface area (Å²) >= 11 is 0. The number of rotatable bonds is 6. The number of guanidine groups is 1. The van der Waals surface area contributed by atoms with E-state index >= 15 is 0 Å². The molecule has 4 rings (SSSR count). The van der Waals surface area contributed by atoms with Gasteiger partial charge in [0.2, 0.25) is 0 Å². The number of nitrogens with zero attached hydrogens (tertiary/aromatic N) is 4. The maximum atomic E-state index is 13.3. The molecular weight excluding hydrogens is 440 g/mol. The second-order valence-corrected chi connectivity index (χ2v) is 9.71. The number of aromatic amines is 1. The Morgan fingerprint density at radius 2 is 1.94 bits per heavy atom. The van der Waals surface area contributed by atoms with Gasteiger partial charge in [-0.1, -0.05) is 17.2 Å². The van der Waals surface area contributed by atoms with Crippen molar-refractivity contribution in [1.82, 2.24) is 15.2 Å². The Bertz CT molecular complexity index is 1180. The van der Waals surface area contributed by atoms with Gasteiger partial charge in [-0.05, 0) is 69.5 Å². The third kappa shape index (κ3) is 5.43. The van der Waals surface area contributed by atoms with Gasteiger partial charge < -0.3 is 10.5 Å². The van der Waals surface area contributed by atoms with Gasteiger partial charge in [0.25, 0.3) is 0 Å². The van der Waals surface area contributed by atoms with Crippen molar-refractivity contribution in [1.29, 1.82) is 0 Å². The van der Waals surface area contributed by atoms with Gasteiger partial charge in [-0.3, -0.25) is 10.1 Å². The molecule has 3 aromatic rings. The number of hydrogen-bond donors (Lipinski definition) is 2. The number of hydrogen-bond acceptors (Lipinski definition) is 5. The van der Waals surface area contributed by atoms with Crippen LogP contribution in [0.25, 0.3) is 11.3 Å². The monoisotopic (exact) mass is 475 g/mol. The van der Waals surface area contributed by atoms with E-state index in [2.05, 4.69) is 47.2 Å². The molecule has 1 aliphatic rings. The molecule has 1 saturated heterocycles. The predicted molar refractivity (Wildman–Crippen MR) is 137 cm³/mol. The van der Waals surface area contributed by atoms with Gasteiger partial charge in [0.05, 0.1) is 25.0 Å². The number of carbonyl (C=O) groups is 1. The molecule has 35 heavy (non-hydrogen) atoms. The van der Waals surface area contributed by atoms with Crippen molar-refractivity contribution in [2.75, 3.05) is 19.6 Å². The van der Waals surface area contributed by atoms with E-state index in [0.29, 0.717) is 32.0 Å². The maximum Gasteiger partial charge on any atom is 0.524 e. The van der Waals surface area contributed by atoms with Crippen LogP contribution in [0.4, 0.5) is 4.79 Å². The number of nitrogens with two attached hydrogens (primary N) is 1. The first kappa shape index (κ1) is 24.6. The first-order valence-corrected chi connectivity index (χ1v) is 12.2. The fourth-order valence-electron chi connectivity index (χ4n) is 4.91. The number of nitrogens with one attached hydrogen (secondary N) is 1. The van der Waals surface area contributed by atoms with Crippen LogP contribution in [0.2, 0.25) is 0 Å². The summed E-state index contributed by atoms with van der Waals surface area (Å²) in [5, 5.41) is 7.39. The number of aliphatic imine (C=N–C) groups is 1. The van der Waals surface area contributed by atoms with E-state index in [1.807, 2.05) is 32.2 Å². The van der Waals surface area contributed by atoms with E-state index in [1.165, 1.54) is 11.1 Å². The minimum atomic E-state index is -0.336. The van der Waals surface area contributed by atoms with Crippen molar-refractivity contribution in [3.8, 4) is 11.3 Å². The summed E-state index contributed by atoms with van der Waals surface area (Å²) in [6, 6.07) is 10.4. The Kier molecular flexibility index (Phi) is 7.31. The molecule has 1 aromatic carbocycles. The number of carbonyl (C=O) groups excluding carboxylic acids is 1. The zero-order valence-corrected chi connectivity index (χ0v) is 21.0. The lowest BCUT2D eigenvalue weighted by atomic mass is 10.00. The summed E-state index contributed by atoms with van der Waals surface area (Å²) in [6.45, 7) is 9.44. The molecule has 1 aliphatic heterocycles. The highest BCUT2D eigenvalue weighted by molar-refractivity contribution is 5.82. The topological polar surface area (TPSA) is 106 Å². The van der Waals surface area contributed by atoms with Crippen LogP contribution in [0, 0.1) is 13.8 Å². The molecule has 0 radical (unpaired) electrons. The van der Waals surface area contributed by atoms with Crippen LogP contribution in [0.15, 0.2) is 53.9 Å². The van der Waals surface area contributed by atoms with Gasteiger partial charge in [0.15, 0.2) is 0 Å². The third-order valence-electron chi connectivity index (χ3n) is 6.58. The smallest absolute Gasteiger partial charge is 0.417 e. The molecular formula is C27H35N6O2+. The van der Waals surface area contributed by atoms with Crippen molar-refractivity contribution in [3.63, 3.8) is 0 Å². The molecule has 8 heteroatoms. The molecule has 1 fully saturated rings. The van der Waals surface area contributed by atoms with E-state index in [1.54, 1.807) is 12.4 Å². The Morgan fingerprint density at radius 3 is 2.63 bits per heavy atom. The Morgan fingerprint density at radius 1 is 1.23 bits per heavy atom. The number of benzene rings is 1. The highest BCUT2D eigenvalue weighted by atomic mass is 16.6. The lowest BCUT2D eigenvalue weighted by Crippen LogP contribution is -2.59. The Labute approximate surface area is 206 Å². The predicted octanol–water partition coefficient (Wildman–Crippen LogP) is 4.50. The standard InChI is InChI=1S/C27H35N6O2/c1-18(2)35-27(34)33(12-8-23(17-33)21-5-9-29-10-6-21)26(28)30-11-7-22-16-31-32-25(22)24-14-19(3)13-20(4)15-24/h5-6,9-10,13-16,18,23H,7-8,11-12,17H2,1-4H3,(H2,28,30)(H,31,32)/q+1. The fourth-order valence-corrected chi connectivity index (χ4v) is 4.91. The summed E-state index contributed by atoms with van der Waals surface area (Å²) in [5.41, 5.74) is 13.3. The second-order valence-electron chi connectivity index (χ2n) is 9.71. The van der Waals surface area contributed by atoms with Gasteiger partial charge in [0, 0.05) is 30.3 Å². The van der Waals surface area contributed by atoms with Crippen LogP contribution in [0.1, 0.15) is 48.4 Å². The summed E-state index contributed by atoms with van der Waals surface area (Å²) in [4.78, 5) is 22.1. The molecule has 2 unspecified atom stereocenters. The van der Waals surface area contributed by atoms with E-state index < -0.39 is 0 Å². The number of H-pyrrole nitrogens is 1. The number of amides is 1. The molecule has 1 amide bonds. The number of ether oxygens (including phenoxy) is 1. The first-order valence-electron chi connectivity index (χ1n) is 12.2. The number of aromatic nitrogens is 3. The summed E-state index contributed by atoms with van der Waals surface area (Å²) in [6.07, 6.45) is 6.33. The van der Waals surface area contributed by atoms with Gasteiger partial charge in [-0.15, -0.1) is 0 Å². The summed E-state index contributed by atoms with van der Waals surface area (Å²) in [5.74, 6) is 0.500. The van der Waals surface area contributed by atoms with Crippen molar-refractivity contribution >= 4 is 12.1 Å². The van der Waals surface area contributed by atoms with Crippen molar-refractivity contribution in [3.05, 3.63) is 71.2 Å². The van der Waals surface area contributed by atoms with Crippen LogP contribution in [0.5, 0.6) is 0 Å². The number of likely N-dealkylation sites (tertiary alicyclic amines) is 1. The SMILES string of the molecule is Cc1cc(C)cc(-c2[nH]ncc2CCN=C(N)[N+]2(C(=O)OC(C)C)CCC(c3ccncc3)C2)c1. The van der Waals surface area contributed by atoms with E-state index in [9.17, 15) is 4.79 Å². The Hall–Kier alpha value is -3.52. The lowest BCUT2D eigenvalue weighted by molar-refractivity contribution is -0.755. The normalized spacial score (nSPS) is 20.4. The molecule has 0 saturated carbocycles. The summed E-state index contributed by atoms with van der Waals surface area (Å²) < 4.78 is 5.57. The highest BCUT2D eigenvalue weighted by Gasteiger charge is 2.50. The minimum Gasteiger partial charge on any atom is -0.417 e. The van der Waals surface area contributed by atoms with E-state index in [-0.39, 0.29) is 22.6 Å². The fraction of sp³-hybridized carbons (Fsp3) is 0.407. The Balaban J connectivity index is 1.53. The number of pyridine rings is 1. The molecule has 0 spiro atoms. The van der Waals surface area contributed by atoms with Crippen LogP contribution < -0.4 is 5.73 Å². The van der Waals surface area contributed by atoms with Crippen molar-refractivity contribution < 1.29 is 14.0 Å². The first-order chi connectivity index (χ1) is 16.8. The third-order valence-corrected chi connectivity index (χ3v) is 6.58. The summed E-state index contributed by atoms with van der Waals surface area (Å²) in [7, 11) is 0. The highest BCUT2D eigenvalue weighted by Crippen LogP contribution is 2.33. The molecule has 2 aromatic heterocycles. The van der Waals surface area contributed by atoms with Gasteiger partial charge >= 0.3 is 12.1 Å². The van der Waals surface area contributed by atoms with Crippen LogP contribution in [-0.4, -0.2) is 57.5 Å². The minimum absolute atomic E-state index is 0.0690. The molecule has 0 bridgehead atoms. The van der Waals surface area contributed by atoms with Gasteiger partial charge in [-0.25, -0.2) is 4.99 Å². The van der Waals surface area contributed by atoms with E-state index in [4.69, 9.17) is 15.5 Å². The number of aryl methyl sites for hydroxylation is 2. The molecule has 0 aliphatic carbocycles. The van der Waals surface area contributed by atoms with E-state index in [0.717, 1.165) is 28.8 Å². The molecule has 3 N–H and O–H groups in total. The quantitative estimate of drug-likeness (QED) is 0.310. The van der Waals surface area contributed by atoms with Crippen molar-refractivity contribution in [2.45, 2.75) is 52.6 Å². The van der Waals surface area contributed by atoms with Crippen LogP contribution in [-0.2, 0) is 11.2 Å². The zero-order chi connectivity index (χ0) is 25.0. The number of quaternary nitrogens is 1. The molecule has 8 nitrogen and oxygen atoms in total. The second kappa shape index (κ2) is 10.4. The molecule has 184 valence electrons. The lowest BCUT2D eigenvalue weighted by Gasteiger charge is -2.29. The van der Waals surface area contributed by atoms with Crippen LogP contribution in [0.3, 0.4) is 0 Å². The maximum absolute atomic E-state index is 13.3. The molecule has 2 atom stereocenters. The van der Waals surface area contributed by atoms with Crippen LogP contribution >= 0.6 is 0 Å². The largest absolute Gasteiger partial charge is 0.524 e. The molecule has 3 heterocycles. The average molecular weight is 476 g/mol. The average Bonchev–Trinajstić information content (AvgIpc) is 3.47. The zero-order valence-electron chi connectivity index (χ0n) is 21.0.